The predicted octanol–water partition coefficient (Wildman–Crippen LogP) is 4.06. The second-order valence-electron chi connectivity index (χ2n) is 5.97. The molecule has 3 heteroatoms. The Morgan fingerprint density at radius 2 is 2.00 bits per heavy atom. The van der Waals surface area contributed by atoms with E-state index in [2.05, 4.69) is 60.5 Å². The first kappa shape index (κ1) is 14.6. The average Bonchev–Trinajstić information content (AvgIpc) is 2.92. The Hall–Kier alpha value is -1.32. The number of hydrogen-bond donors (Lipinski definition) is 1. The highest BCUT2D eigenvalue weighted by atomic mass is 32.1. The maximum atomic E-state index is 3.40. The molecule has 0 amide bonds. The van der Waals surface area contributed by atoms with Gasteiger partial charge in [0.25, 0.3) is 0 Å². The van der Waals surface area contributed by atoms with E-state index < -0.39 is 0 Å². The molecule has 3 rings (SSSR count). The first-order chi connectivity index (χ1) is 10.3. The number of fused-ring (bicyclic) bond motifs is 1. The van der Waals surface area contributed by atoms with Crippen molar-refractivity contribution in [2.45, 2.75) is 33.4 Å². The molecule has 1 aromatic carbocycles. The molecule has 2 aromatic rings. The minimum atomic E-state index is 0.737. The molecule has 0 fully saturated rings. The van der Waals surface area contributed by atoms with Crippen molar-refractivity contribution >= 4 is 17.0 Å². The van der Waals surface area contributed by atoms with Gasteiger partial charge in [0, 0.05) is 28.5 Å². The van der Waals surface area contributed by atoms with Crippen LogP contribution in [0.2, 0.25) is 0 Å². The number of anilines is 1. The van der Waals surface area contributed by atoms with Crippen molar-refractivity contribution in [3.8, 4) is 0 Å². The minimum absolute atomic E-state index is 0.737. The molecule has 112 valence electrons. The third-order valence-electron chi connectivity index (χ3n) is 4.05. The fourth-order valence-corrected chi connectivity index (χ4v) is 4.10. The lowest BCUT2D eigenvalue weighted by molar-refractivity contribution is 0.531. The SMILES string of the molecule is CCNCc1ccc(CN2CC(C)Cc3ccccc32)s1. The van der Waals surface area contributed by atoms with Crippen LogP contribution in [0.15, 0.2) is 36.4 Å². The Bertz CT molecular complexity index is 590. The van der Waals surface area contributed by atoms with Gasteiger partial charge in [0.1, 0.15) is 0 Å². The minimum Gasteiger partial charge on any atom is -0.366 e. The van der Waals surface area contributed by atoms with Gasteiger partial charge in [-0.2, -0.15) is 0 Å². The molecule has 1 N–H and O–H groups in total. The molecule has 0 spiro atoms. The summed E-state index contributed by atoms with van der Waals surface area (Å²) in [7, 11) is 0. The molecule has 2 nitrogen and oxygen atoms in total. The van der Waals surface area contributed by atoms with E-state index in [4.69, 9.17) is 0 Å². The first-order valence-electron chi connectivity index (χ1n) is 7.87. The number of para-hydroxylation sites is 1. The molecule has 0 bridgehead atoms. The second kappa shape index (κ2) is 6.63. The molecule has 0 saturated heterocycles. The van der Waals surface area contributed by atoms with E-state index >= 15 is 0 Å². The Kier molecular flexibility index (Phi) is 4.61. The van der Waals surface area contributed by atoms with Crippen LogP contribution in [0, 0.1) is 5.92 Å². The summed E-state index contributed by atoms with van der Waals surface area (Å²) in [6, 6.07) is 13.4. The van der Waals surface area contributed by atoms with E-state index in [1.165, 1.54) is 27.4 Å². The van der Waals surface area contributed by atoms with E-state index in [1.807, 2.05) is 11.3 Å². The normalized spacial score (nSPS) is 17.8. The van der Waals surface area contributed by atoms with Crippen molar-refractivity contribution in [3.63, 3.8) is 0 Å². The molecule has 0 saturated carbocycles. The smallest absolute Gasteiger partial charge is 0.0523 e. The van der Waals surface area contributed by atoms with Crippen molar-refractivity contribution in [3.05, 3.63) is 51.7 Å². The number of rotatable bonds is 5. The van der Waals surface area contributed by atoms with Crippen LogP contribution >= 0.6 is 11.3 Å². The summed E-state index contributed by atoms with van der Waals surface area (Å²) >= 11 is 1.94. The lowest BCUT2D eigenvalue weighted by Crippen LogP contribution is -2.33. The summed E-state index contributed by atoms with van der Waals surface area (Å²) in [5.41, 5.74) is 2.93. The van der Waals surface area contributed by atoms with Crippen LogP contribution in [0.4, 0.5) is 5.69 Å². The molecule has 0 aliphatic carbocycles. The van der Waals surface area contributed by atoms with Gasteiger partial charge in [-0.05, 0) is 42.6 Å². The second-order valence-corrected chi connectivity index (χ2v) is 7.22. The largest absolute Gasteiger partial charge is 0.366 e. The maximum Gasteiger partial charge on any atom is 0.0523 e. The molecule has 1 aromatic heterocycles. The van der Waals surface area contributed by atoms with Crippen molar-refractivity contribution in [1.82, 2.24) is 5.32 Å². The summed E-state index contributed by atoms with van der Waals surface area (Å²) in [6.07, 6.45) is 1.21. The summed E-state index contributed by atoms with van der Waals surface area (Å²) in [6.45, 7) is 8.74. The molecule has 1 atom stereocenters. The van der Waals surface area contributed by atoms with Crippen LogP contribution in [0.1, 0.15) is 29.2 Å². The van der Waals surface area contributed by atoms with Gasteiger partial charge in [-0.1, -0.05) is 32.0 Å². The van der Waals surface area contributed by atoms with Gasteiger partial charge in [-0.25, -0.2) is 0 Å². The van der Waals surface area contributed by atoms with Crippen molar-refractivity contribution in [1.29, 1.82) is 0 Å². The predicted molar refractivity (Wildman–Crippen MR) is 92.1 cm³/mol. The van der Waals surface area contributed by atoms with Gasteiger partial charge in [-0.15, -0.1) is 11.3 Å². The van der Waals surface area contributed by atoms with Crippen molar-refractivity contribution in [2.75, 3.05) is 18.0 Å². The number of nitrogens with one attached hydrogen (secondary N) is 1. The van der Waals surface area contributed by atoms with Crippen LogP contribution in [0.5, 0.6) is 0 Å². The number of thiophene rings is 1. The van der Waals surface area contributed by atoms with Crippen molar-refractivity contribution in [2.24, 2.45) is 5.92 Å². The van der Waals surface area contributed by atoms with Gasteiger partial charge in [-0.3, -0.25) is 0 Å². The van der Waals surface area contributed by atoms with E-state index in [0.717, 1.165) is 32.1 Å². The van der Waals surface area contributed by atoms with E-state index in [9.17, 15) is 0 Å². The Labute approximate surface area is 131 Å². The van der Waals surface area contributed by atoms with Crippen LogP contribution in [0.3, 0.4) is 0 Å². The fraction of sp³-hybridized carbons (Fsp3) is 0.444. The van der Waals surface area contributed by atoms with Gasteiger partial charge >= 0.3 is 0 Å². The highest BCUT2D eigenvalue weighted by molar-refractivity contribution is 7.12. The van der Waals surface area contributed by atoms with E-state index in [0.29, 0.717) is 0 Å². The van der Waals surface area contributed by atoms with Crippen LogP contribution < -0.4 is 10.2 Å². The summed E-state index contributed by atoms with van der Waals surface area (Å²) < 4.78 is 0. The standard InChI is InChI=1S/C18H24N2S/c1-3-19-11-16-8-9-17(21-16)13-20-12-14(2)10-15-6-4-5-7-18(15)20/h4-9,14,19H,3,10-13H2,1-2H3. The monoisotopic (exact) mass is 300 g/mol. The zero-order valence-corrected chi connectivity index (χ0v) is 13.7. The lowest BCUT2D eigenvalue weighted by atomic mass is 9.94. The van der Waals surface area contributed by atoms with Crippen molar-refractivity contribution < 1.29 is 0 Å². The summed E-state index contributed by atoms with van der Waals surface area (Å²) in [5, 5.41) is 3.40. The molecular formula is C18H24N2S. The Morgan fingerprint density at radius 3 is 2.86 bits per heavy atom. The molecule has 1 aliphatic rings. The van der Waals surface area contributed by atoms with Crippen LogP contribution in [-0.2, 0) is 19.5 Å². The average molecular weight is 300 g/mol. The van der Waals surface area contributed by atoms with Gasteiger partial charge in [0.05, 0.1) is 6.54 Å². The number of benzene rings is 1. The third kappa shape index (κ3) is 3.47. The summed E-state index contributed by atoms with van der Waals surface area (Å²) in [5.74, 6) is 0.737. The highest BCUT2D eigenvalue weighted by Crippen LogP contribution is 2.31. The first-order valence-corrected chi connectivity index (χ1v) is 8.69. The maximum absolute atomic E-state index is 3.40. The number of nitrogens with zero attached hydrogens (tertiary/aromatic N) is 1. The Balaban J connectivity index is 1.74. The zero-order valence-electron chi connectivity index (χ0n) is 12.9. The van der Waals surface area contributed by atoms with E-state index in [-0.39, 0.29) is 0 Å². The molecular weight excluding hydrogens is 276 g/mol. The molecule has 1 unspecified atom stereocenters. The zero-order chi connectivity index (χ0) is 14.7. The van der Waals surface area contributed by atoms with E-state index in [1.54, 1.807) is 0 Å². The molecule has 1 aliphatic heterocycles. The van der Waals surface area contributed by atoms with Gasteiger partial charge in [0.2, 0.25) is 0 Å². The number of hydrogen-bond acceptors (Lipinski definition) is 3. The van der Waals surface area contributed by atoms with Gasteiger partial charge in [0.15, 0.2) is 0 Å². The lowest BCUT2D eigenvalue weighted by Gasteiger charge is -2.34. The topological polar surface area (TPSA) is 15.3 Å². The van der Waals surface area contributed by atoms with Gasteiger partial charge < -0.3 is 10.2 Å². The molecule has 21 heavy (non-hydrogen) atoms. The molecule has 0 radical (unpaired) electrons. The summed E-state index contributed by atoms with van der Waals surface area (Å²) in [4.78, 5) is 5.45. The third-order valence-corrected chi connectivity index (χ3v) is 5.12. The van der Waals surface area contributed by atoms with Crippen LogP contribution in [0.25, 0.3) is 0 Å². The fourth-order valence-electron chi connectivity index (χ4n) is 3.09. The molecule has 2 heterocycles. The highest BCUT2D eigenvalue weighted by Gasteiger charge is 2.21. The van der Waals surface area contributed by atoms with Crippen LogP contribution in [-0.4, -0.2) is 13.1 Å². The quantitative estimate of drug-likeness (QED) is 0.896. The Morgan fingerprint density at radius 1 is 1.19 bits per heavy atom.